The molecule has 0 spiro atoms. The number of hydrogen-bond acceptors (Lipinski definition) is 2. The van der Waals surface area contributed by atoms with Gasteiger partial charge in [0.1, 0.15) is 0 Å². The number of amides is 2. The second-order valence-electron chi connectivity index (χ2n) is 4.27. The number of carbonyl (C=O) groups is 2. The van der Waals surface area contributed by atoms with Gasteiger partial charge in [0.2, 0.25) is 11.8 Å². The van der Waals surface area contributed by atoms with Crippen LogP contribution in [0.2, 0.25) is 0 Å². The summed E-state index contributed by atoms with van der Waals surface area (Å²) in [7, 11) is 0. The van der Waals surface area contributed by atoms with Gasteiger partial charge in [-0.2, -0.15) is 13.2 Å². The quantitative estimate of drug-likeness (QED) is 0.844. The summed E-state index contributed by atoms with van der Waals surface area (Å²) in [5, 5.41) is 2.39. The monoisotopic (exact) mass is 350 g/mol. The number of nitrogens with zero attached hydrogens (tertiary/aromatic N) is 1. The zero-order valence-corrected chi connectivity index (χ0v) is 11.7. The molecule has 0 radical (unpaired) electrons. The van der Waals surface area contributed by atoms with Gasteiger partial charge < -0.3 is 10.2 Å². The van der Waals surface area contributed by atoms with Gasteiger partial charge in [-0.1, -0.05) is 15.9 Å². The van der Waals surface area contributed by atoms with Gasteiger partial charge >= 0.3 is 6.18 Å². The van der Waals surface area contributed by atoms with Crippen molar-refractivity contribution in [3.8, 4) is 0 Å². The predicted octanol–water partition coefficient (Wildman–Crippen LogP) is 2.32. The van der Waals surface area contributed by atoms with Crippen molar-refractivity contribution in [3.63, 3.8) is 0 Å². The molecule has 0 atom stereocenters. The molecule has 1 heterocycles. The van der Waals surface area contributed by atoms with Crippen LogP contribution in [0.4, 0.5) is 18.9 Å². The number of rotatable bonds is 1. The molecule has 8 heteroatoms. The first-order valence-electron chi connectivity index (χ1n) is 5.72. The summed E-state index contributed by atoms with van der Waals surface area (Å²) in [5.74, 6) is -0.742. The van der Waals surface area contributed by atoms with Crippen LogP contribution in [0, 0.1) is 0 Å². The molecule has 1 aliphatic rings. The lowest BCUT2D eigenvalue weighted by Gasteiger charge is -2.21. The number of benzene rings is 1. The fraction of sp³-hybridized carbons (Fsp3) is 0.333. The Kier molecular flexibility index (Phi) is 4.03. The van der Waals surface area contributed by atoms with Gasteiger partial charge in [-0.3, -0.25) is 9.59 Å². The normalized spacial score (nSPS) is 16.9. The molecule has 20 heavy (non-hydrogen) atoms. The van der Waals surface area contributed by atoms with Gasteiger partial charge in [0.15, 0.2) is 0 Å². The van der Waals surface area contributed by atoms with Gasteiger partial charge in [-0.25, -0.2) is 0 Å². The Labute approximate surface area is 121 Å². The van der Waals surface area contributed by atoms with Crippen molar-refractivity contribution >= 4 is 33.4 Å². The maximum atomic E-state index is 12.8. The number of nitrogens with one attached hydrogen (secondary N) is 1. The maximum Gasteiger partial charge on any atom is 0.416 e. The summed E-state index contributed by atoms with van der Waals surface area (Å²) in [6.45, 7) is -0.162. The summed E-state index contributed by atoms with van der Waals surface area (Å²) in [5.41, 5.74) is -0.730. The van der Waals surface area contributed by atoms with Crippen LogP contribution in [-0.4, -0.2) is 24.9 Å². The van der Waals surface area contributed by atoms with E-state index in [4.69, 9.17) is 0 Å². The number of anilines is 1. The van der Waals surface area contributed by atoms with Gasteiger partial charge in [0, 0.05) is 23.1 Å². The molecule has 0 saturated carbocycles. The van der Waals surface area contributed by atoms with E-state index in [1.807, 2.05) is 0 Å². The zero-order chi connectivity index (χ0) is 14.9. The third-order valence-electron chi connectivity index (χ3n) is 2.82. The van der Waals surface area contributed by atoms with E-state index in [-0.39, 0.29) is 35.6 Å². The van der Waals surface area contributed by atoms with E-state index in [0.29, 0.717) is 0 Å². The van der Waals surface area contributed by atoms with Crippen LogP contribution >= 0.6 is 15.9 Å². The fourth-order valence-corrected chi connectivity index (χ4v) is 2.34. The Morgan fingerprint density at radius 2 is 1.90 bits per heavy atom. The van der Waals surface area contributed by atoms with E-state index in [1.165, 1.54) is 11.0 Å². The first-order chi connectivity index (χ1) is 9.27. The molecule has 1 aromatic rings. The molecule has 1 N–H and O–H groups in total. The lowest BCUT2D eigenvalue weighted by atomic mass is 10.1. The summed E-state index contributed by atoms with van der Waals surface area (Å²) in [6, 6.07) is 3.26. The molecule has 108 valence electrons. The van der Waals surface area contributed by atoms with Crippen molar-refractivity contribution < 1.29 is 22.8 Å². The molecule has 0 unspecified atom stereocenters. The number of alkyl halides is 3. The molecule has 1 fully saturated rings. The van der Waals surface area contributed by atoms with E-state index in [0.717, 1.165) is 12.1 Å². The highest BCUT2D eigenvalue weighted by molar-refractivity contribution is 9.10. The molecule has 4 nitrogen and oxygen atoms in total. The van der Waals surface area contributed by atoms with Gasteiger partial charge in [0.25, 0.3) is 0 Å². The van der Waals surface area contributed by atoms with E-state index < -0.39 is 17.6 Å². The number of halogens is 4. The largest absolute Gasteiger partial charge is 0.416 e. The third-order valence-corrected chi connectivity index (χ3v) is 3.28. The van der Waals surface area contributed by atoms with E-state index in [9.17, 15) is 22.8 Å². The van der Waals surface area contributed by atoms with Crippen LogP contribution in [0.3, 0.4) is 0 Å². The van der Waals surface area contributed by atoms with Gasteiger partial charge in [0.05, 0.1) is 12.1 Å². The Bertz CT molecular complexity index is 560. The van der Waals surface area contributed by atoms with Crippen LogP contribution in [0.15, 0.2) is 22.7 Å². The van der Waals surface area contributed by atoms with E-state index in [2.05, 4.69) is 21.2 Å². The molecular formula is C12H10BrF3N2O2. The van der Waals surface area contributed by atoms with Gasteiger partial charge in [-0.05, 0) is 18.2 Å². The average Bonchev–Trinajstić information content (AvgIpc) is 2.50. The molecular weight excluding hydrogens is 341 g/mol. The van der Waals surface area contributed by atoms with Crippen molar-refractivity contribution in [2.24, 2.45) is 0 Å². The van der Waals surface area contributed by atoms with Crippen molar-refractivity contribution in [1.29, 1.82) is 0 Å². The van der Waals surface area contributed by atoms with Gasteiger partial charge in [-0.15, -0.1) is 0 Å². The average molecular weight is 351 g/mol. The first kappa shape index (κ1) is 14.8. The van der Waals surface area contributed by atoms with Crippen molar-refractivity contribution in [2.75, 3.05) is 18.0 Å². The van der Waals surface area contributed by atoms with Crippen LogP contribution in [0.1, 0.15) is 12.0 Å². The Hall–Kier alpha value is -1.57. The SMILES string of the molecule is O=C1CCN(c2cc(Br)cc(C(F)(F)F)c2)C(=O)CN1. The highest BCUT2D eigenvalue weighted by Crippen LogP contribution is 2.34. The first-order valence-corrected chi connectivity index (χ1v) is 6.51. The zero-order valence-electron chi connectivity index (χ0n) is 10.1. The smallest absolute Gasteiger partial charge is 0.347 e. The molecule has 1 saturated heterocycles. The lowest BCUT2D eigenvalue weighted by molar-refractivity contribution is -0.137. The van der Waals surface area contributed by atoms with Crippen LogP contribution in [0.25, 0.3) is 0 Å². The Morgan fingerprint density at radius 1 is 1.20 bits per heavy atom. The summed E-state index contributed by atoms with van der Waals surface area (Å²) in [6.07, 6.45) is -4.44. The topological polar surface area (TPSA) is 49.4 Å². The van der Waals surface area contributed by atoms with Crippen LogP contribution in [-0.2, 0) is 15.8 Å². The summed E-state index contributed by atoms with van der Waals surface area (Å²) in [4.78, 5) is 24.2. The standard InChI is InChI=1S/C12H10BrF3N2O2/c13-8-3-7(12(14,15)16)4-9(5-8)18-2-1-10(19)17-6-11(18)20/h3-5H,1-2,6H2,(H,17,19). The van der Waals surface area contributed by atoms with Crippen LogP contribution in [0.5, 0.6) is 0 Å². The number of hydrogen-bond donors (Lipinski definition) is 1. The van der Waals surface area contributed by atoms with Crippen LogP contribution < -0.4 is 10.2 Å². The highest BCUT2D eigenvalue weighted by atomic mass is 79.9. The minimum Gasteiger partial charge on any atom is -0.347 e. The van der Waals surface area contributed by atoms with E-state index in [1.54, 1.807) is 0 Å². The second-order valence-corrected chi connectivity index (χ2v) is 5.18. The second kappa shape index (κ2) is 5.43. The molecule has 0 bridgehead atoms. The minimum absolute atomic E-state index is 0.0540. The Balaban J connectivity index is 2.38. The molecule has 1 aliphatic heterocycles. The molecule has 1 aromatic carbocycles. The molecule has 2 amide bonds. The summed E-state index contributed by atoms with van der Waals surface area (Å²) < 4.78 is 38.5. The van der Waals surface area contributed by atoms with E-state index >= 15 is 0 Å². The highest BCUT2D eigenvalue weighted by Gasteiger charge is 2.32. The molecule has 0 aliphatic carbocycles. The van der Waals surface area contributed by atoms with Crippen molar-refractivity contribution in [3.05, 3.63) is 28.2 Å². The fourth-order valence-electron chi connectivity index (χ4n) is 1.86. The maximum absolute atomic E-state index is 12.8. The third kappa shape index (κ3) is 3.30. The lowest BCUT2D eigenvalue weighted by Crippen LogP contribution is -2.35. The van der Waals surface area contributed by atoms with Crippen molar-refractivity contribution in [1.82, 2.24) is 5.32 Å². The summed E-state index contributed by atoms with van der Waals surface area (Å²) >= 11 is 3.00. The Morgan fingerprint density at radius 3 is 2.55 bits per heavy atom. The minimum atomic E-state index is -4.50. The number of carbonyl (C=O) groups excluding carboxylic acids is 2. The molecule has 0 aromatic heterocycles. The predicted molar refractivity (Wildman–Crippen MR) is 69.1 cm³/mol. The molecule has 2 rings (SSSR count). The van der Waals surface area contributed by atoms with Crippen molar-refractivity contribution in [2.45, 2.75) is 12.6 Å².